The maximum Gasteiger partial charge on any atom is 0.199 e. The summed E-state index contributed by atoms with van der Waals surface area (Å²) in [5.74, 6) is -0.179. The van der Waals surface area contributed by atoms with Gasteiger partial charge >= 0.3 is 0 Å². The van der Waals surface area contributed by atoms with Crippen LogP contribution in [0.1, 0.15) is 5.82 Å². The molecule has 16 heavy (non-hydrogen) atoms. The zero-order valence-corrected chi connectivity index (χ0v) is 9.52. The molecule has 0 fully saturated rings. The molecule has 2 rings (SSSR count). The maximum atomic E-state index is 13.2. The number of nitrogens with zero attached hydrogens (tertiary/aromatic N) is 2. The average molecular weight is 260 g/mol. The minimum atomic E-state index is -0.477. The number of halogens is 2. The Labute approximate surface area is 100 Å². The lowest BCUT2D eigenvalue weighted by Crippen LogP contribution is -2.01. The number of hydrogen-bond acceptors (Lipinski definition) is 3. The van der Waals surface area contributed by atoms with Gasteiger partial charge in [0, 0.05) is 5.02 Å². The van der Waals surface area contributed by atoms with Crippen molar-refractivity contribution in [3.63, 3.8) is 0 Å². The molecule has 0 unspecified atom stereocenters. The van der Waals surface area contributed by atoms with Gasteiger partial charge in [-0.05, 0) is 30.4 Å². The molecule has 0 aliphatic heterocycles. The Balaban J connectivity index is 2.66. The minimum absolute atomic E-state index is 0.252. The van der Waals surface area contributed by atoms with Crippen LogP contribution in [0.25, 0.3) is 5.69 Å². The number of aliphatic hydroxyl groups is 1. The molecule has 4 nitrogen and oxygen atoms in total. The number of hydrogen-bond donors (Lipinski definition) is 2. The number of aromatic nitrogens is 3. The van der Waals surface area contributed by atoms with E-state index in [0.717, 1.165) is 0 Å². The fraction of sp³-hybridized carbons (Fsp3) is 0.111. The van der Waals surface area contributed by atoms with Crippen molar-refractivity contribution in [2.24, 2.45) is 0 Å². The van der Waals surface area contributed by atoms with E-state index in [-0.39, 0.29) is 16.4 Å². The molecule has 0 amide bonds. The molecule has 0 saturated carbocycles. The van der Waals surface area contributed by atoms with Crippen molar-refractivity contribution in [2.75, 3.05) is 0 Å². The molecule has 0 aliphatic rings. The molecule has 1 aromatic heterocycles. The number of aliphatic hydroxyl groups excluding tert-OH is 1. The number of H-pyrrole nitrogens is 1. The quantitative estimate of drug-likeness (QED) is 0.813. The van der Waals surface area contributed by atoms with Crippen molar-refractivity contribution in [1.82, 2.24) is 14.8 Å². The first-order valence-electron chi connectivity index (χ1n) is 4.35. The van der Waals surface area contributed by atoms with Crippen molar-refractivity contribution < 1.29 is 9.50 Å². The Bertz CT molecular complexity index is 560. The molecule has 0 atom stereocenters. The molecule has 2 aromatic rings. The van der Waals surface area contributed by atoms with E-state index in [1.165, 1.54) is 22.8 Å². The van der Waals surface area contributed by atoms with E-state index in [2.05, 4.69) is 10.2 Å². The van der Waals surface area contributed by atoms with Crippen molar-refractivity contribution in [3.05, 3.63) is 39.6 Å². The zero-order valence-electron chi connectivity index (χ0n) is 7.94. The number of rotatable bonds is 2. The Morgan fingerprint density at radius 1 is 1.50 bits per heavy atom. The summed E-state index contributed by atoms with van der Waals surface area (Å²) in [5, 5.41) is 15.6. The van der Waals surface area contributed by atoms with Crippen LogP contribution in [0.4, 0.5) is 4.39 Å². The molecular weight excluding hydrogens is 253 g/mol. The fourth-order valence-corrected chi connectivity index (χ4v) is 1.84. The second kappa shape index (κ2) is 4.32. The SMILES string of the molecule is OCc1n[nH]c(=S)n1-c1cc(F)cc(Cl)c1. The lowest BCUT2D eigenvalue weighted by Gasteiger charge is -2.05. The van der Waals surface area contributed by atoms with Gasteiger partial charge in [-0.25, -0.2) is 4.39 Å². The third kappa shape index (κ3) is 1.99. The monoisotopic (exact) mass is 259 g/mol. The Morgan fingerprint density at radius 3 is 2.88 bits per heavy atom. The van der Waals surface area contributed by atoms with Crippen molar-refractivity contribution in [2.45, 2.75) is 6.61 Å². The second-order valence-electron chi connectivity index (χ2n) is 3.07. The van der Waals surface area contributed by atoms with Crippen LogP contribution < -0.4 is 0 Å². The summed E-state index contributed by atoms with van der Waals surface area (Å²) >= 11 is 10.7. The van der Waals surface area contributed by atoms with Crippen molar-refractivity contribution in [1.29, 1.82) is 0 Å². The number of aromatic amines is 1. The van der Waals surface area contributed by atoms with Crippen molar-refractivity contribution in [3.8, 4) is 5.69 Å². The summed E-state index contributed by atoms with van der Waals surface area (Å²) in [6, 6.07) is 3.98. The fourth-order valence-electron chi connectivity index (χ4n) is 1.37. The second-order valence-corrected chi connectivity index (χ2v) is 3.89. The van der Waals surface area contributed by atoms with Crippen LogP contribution in [-0.2, 0) is 6.61 Å². The highest BCUT2D eigenvalue weighted by atomic mass is 35.5. The number of nitrogens with one attached hydrogen (secondary N) is 1. The summed E-state index contributed by atoms with van der Waals surface area (Å²) < 4.78 is 14.9. The molecule has 7 heteroatoms. The summed E-state index contributed by atoms with van der Waals surface area (Å²) in [6.07, 6.45) is 0. The van der Waals surface area contributed by atoms with E-state index < -0.39 is 5.82 Å². The van der Waals surface area contributed by atoms with Crippen LogP contribution >= 0.6 is 23.8 Å². The first-order valence-corrected chi connectivity index (χ1v) is 5.14. The Hall–Kier alpha value is -1.24. The maximum absolute atomic E-state index is 13.2. The summed E-state index contributed by atoms with van der Waals surface area (Å²) in [6.45, 7) is -0.304. The van der Waals surface area contributed by atoms with Gasteiger partial charge < -0.3 is 5.11 Å². The summed E-state index contributed by atoms with van der Waals surface area (Å²) in [5.41, 5.74) is 0.424. The van der Waals surface area contributed by atoms with Gasteiger partial charge in [0.2, 0.25) is 0 Å². The molecule has 0 bridgehead atoms. The molecule has 1 heterocycles. The van der Waals surface area contributed by atoms with E-state index in [1.54, 1.807) is 0 Å². The highest BCUT2D eigenvalue weighted by Crippen LogP contribution is 2.18. The van der Waals surface area contributed by atoms with Gasteiger partial charge in [0.05, 0.1) is 5.69 Å². The standard InChI is InChI=1S/C9H7ClFN3OS/c10-5-1-6(11)3-7(2-5)14-8(4-15)12-13-9(14)16/h1-3,15H,4H2,(H,13,16). The average Bonchev–Trinajstić information content (AvgIpc) is 2.58. The Kier molecular flexibility index (Phi) is 3.04. The van der Waals surface area contributed by atoms with Crippen LogP contribution in [0.5, 0.6) is 0 Å². The minimum Gasteiger partial charge on any atom is -0.388 e. The molecule has 2 N–H and O–H groups in total. The molecule has 0 aliphatic carbocycles. The molecule has 0 spiro atoms. The third-order valence-corrected chi connectivity index (χ3v) is 2.48. The lowest BCUT2D eigenvalue weighted by atomic mass is 10.3. The predicted molar refractivity (Wildman–Crippen MR) is 59.6 cm³/mol. The van der Waals surface area contributed by atoms with E-state index in [1.807, 2.05) is 0 Å². The van der Waals surface area contributed by atoms with Gasteiger partial charge in [-0.1, -0.05) is 11.6 Å². The van der Waals surface area contributed by atoms with Gasteiger partial charge in [0.1, 0.15) is 12.4 Å². The zero-order chi connectivity index (χ0) is 11.7. The molecule has 0 saturated heterocycles. The van der Waals surface area contributed by atoms with Crippen LogP contribution in [0.3, 0.4) is 0 Å². The van der Waals surface area contributed by atoms with Crippen LogP contribution in [0.15, 0.2) is 18.2 Å². The highest BCUT2D eigenvalue weighted by Gasteiger charge is 2.08. The topological polar surface area (TPSA) is 53.8 Å². The predicted octanol–water partition coefficient (Wildman–Crippen LogP) is 2.21. The van der Waals surface area contributed by atoms with Gasteiger partial charge in [-0.3, -0.25) is 9.67 Å². The van der Waals surface area contributed by atoms with Crippen LogP contribution in [0, 0.1) is 10.6 Å². The van der Waals surface area contributed by atoms with E-state index >= 15 is 0 Å². The Morgan fingerprint density at radius 2 is 2.25 bits per heavy atom. The van der Waals surface area contributed by atoms with E-state index in [4.69, 9.17) is 28.9 Å². The van der Waals surface area contributed by atoms with Gasteiger partial charge in [0.15, 0.2) is 10.6 Å². The lowest BCUT2D eigenvalue weighted by molar-refractivity contribution is 0.268. The van der Waals surface area contributed by atoms with E-state index in [9.17, 15) is 4.39 Å². The normalized spacial score (nSPS) is 10.7. The van der Waals surface area contributed by atoms with Crippen LogP contribution in [0.2, 0.25) is 5.02 Å². The molecule has 1 aromatic carbocycles. The smallest absolute Gasteiger partial charge is 0.199 e. The van der Waals surface area contributed by atoms with Crippen LogP contribution in [-0.4, -0.2) is 19.9 Å². The van der Waals surface area contributed by atoms with Crippen molar-refractivity contribution >= 4 is 23.8 Å². The molecular formula is C9H7ClFN3OS. The summed E-state index contributed by atoms with van der Waals surface area (Å²) in [7, 11) is 0. The van der Waals surface area contributed by atoms with Gasteiger partial charge in [0.25, 0.3) is 0 Å². The number of benzene rings is 1. The molecule has 84 valence electrons. The third-order valence-electron chi connectivity index (χ3n) is 1.99. The first kappa shape index (κ1) is 11.3. The van der Waals surface area contributed by atoms with Gasteiger partial charge in [-0.15, -0.1) is 0 Å². The summed E-state index contributed by atoms with van der Waals surface area (Å²) in [4.78, 5) is 0. The molecule has 0 radical (unpaired) electrons. The first-order chi connectivity index (χ1) is 7.61. The van der Waals surface area contributed by atoms with Gasteiger partial charge in [-0.2, -0.15) is 5.10 Å². The van der Waals surface area contributed by atoms with E-state index in [0.29, 0.717) is 11.5 Å². The highest BCUT2D eigenvalue weighted by molar-refractivity contribution is 7.71. The largest absolute Gasteiger partial charge is 0.388 e.